The molecule has 2 saturated heterocycles. The number of alkyl halides is 3. The van der Waals surface area contributed by atoms with E-state index in [2.05, 4.69) is 15.3 Å². The van der Waals surface area contributed by atoms with Crippen molar-refractivity contribution in [2.75, 3.05) is 24.5 Å². The van der Waals surface area contributed by atoms with Crippen LogP contribution in [-0.4, -0.2) is 64.3 Å². The molecule has 3 heterocycles. The smallest absolute Gasteiger partial charge is 0.434 e. The molecule has 10 heteroatoms. The van der Waals surface area contributed by atoms with Crippen molar-refractivity contribution in [3.05, 3.63) is 18.1 Å². The first-order chi connectivity index (χ1) is 13.2. The summed E-state index contributed by atoms with van der Waals surface area (Å²) >= 11 is 0. The lowest BCUT2D eigenvalue weighted by atomic mass is 9.68. The Balaban J connectivity index is 1.35. The van der Waals surface area contributed by atoms with E-state index in [1.54, 1.807) is 4.90 Å². The number of carbonyl (C=O) groups is 1. The van der Waals surface area contributed by atoms with E-state index in [0.29, 0.717) is 18.9 Å². The first-order valence-electron chi connectivity index (χ1n) is 9.55. The van der Waals surface area contributed by atoms with Gasteiger partial charge in [0.15, 0.2) is 5.69 Å². The van der Waals surface area contributed by atoms with Gasteiger partial charge in [-0.3, -0.25) is 0 Å². The van der Waals surface area contributed by atoms with Crippen molar-refractivity contribution in [1.82, 2.24) is 20.2 Å². The van der Waals surface area contributed by atoms with Crippen molar-refractivity contribution in [1.29, 1.82) is 0 Å². The highest BCUT2D eigenvalue weighted by Crippen LogP contribution is 2.41. The quantitative estimate of drug-likeness (QED) is 0.824. The summed E-state index contributed by atoms with van der Waals surface area (Å²) in [6.45, 7) is 5.70. The average molecular weight is 399 g/mol. The Labute approximate surface area is 161 Å². The van der Waals surface area contributed by atoms with Crippen molar-refractivity contribution < 1.29 is 22.7 Å². The van der Waals surface area contributed by atoms with Crippen LogP contribution in [0.5, 0.6) is 0 Å². The first-order valence-corrected chi connectivity index (χ1v) is 9.55. The van der Waals surface area contributed by atoms with Crippen LogP contribution in [0.1, 0.15) is 38.8 Å². The van der Waals surface area contributed by atoms with E-state index >= 15 is 0 Å². The highest BCUT2D eigenvalue weighted by atomic mass is 19.4. The van der Waals surface area contributed by atoms with Crippen molar-refractivity contribution in [2.24, 2.45) is 0 Å². The number of rotatable bonds is 2. The Hall–Kier alpha value is -2.10. The fourth-order valence-electron chi connectivity index (χ4n) is 4.25. The molecule has 2 aliphatic heterocycles. The molecule has 1 saturated carbocycles. The molecule has 3 aliphatic rings. The third-order valence-electron chi connectivity index (χ3n) is 6.05. The molecule has 1 spiro atoms. The number of hydrogen-bond donors (Lipinski definition) is 1. The molecule has 28 heavy (non-hydrogen) atoms. The second-order valence-electron chi connectivity index (χ2n) is 8.13. The Kier molecular flexibility index (Phi) is 4.64. The minimum absolute atomic E-state index is 0.0402. The van der Waals surface area contributed by atoms with Gasteiger partial charge >= 0.3 is 12.3 Å². The number of aromatic nitrogens is 2. The van der Waals surface area contributed by atoms with Crippen LogP contribution in [0.4, 0.5) is 23.8 Å². The predicted octanol–water partition coefficient (Wildman–Crippen LogP) is 2.43. The van der Waals surface area contributed by atoms with Crippen molar-refractivity contribution in [3.63, 3.8) is 0 Å². The second-order valence-corrected chi connectivity index (χ2v) is 8.13. The molecule has 0 radical (unpaired) electrons. The van der Waals surface area contributed by atoms with Crippen LogP contribution in [-0.2, 0) is 10.9 Å². The number of halogens is 3. The summed E-state index contributed by atoms with van der Waals surface area (Å²) in [5, 5.41) is 3.40. The standard InChI is InChI=1S/C18H24F3N5O2/c1-11-10-26(16(27)28-13-5-17(6-13)3-4-24-17)12(2)9-25(11)15-8-22-14(7-23-15)18(19,20)21/h7-8,11-13,24H,3-6,9-10H2,1-2H3/t11-,12+,13?,17?/m0/s1. The number of carbonyl (C=O) groups excluding carboxylic acids is 1. The molecular weight excluding hydrogens is 375 g/mol. The third-order valence-corrected chi connectivity index (χ3v) is 6.05. The number of anilines is 1. The molecule has 7 nitrogen and oxygen atoms in total. The van der Waals surface area contributed by atoms with Gasteiger partial charge in [0.25, 0.3) is 0 Å². The molecule has 154 valence electrons. The lowest BCUT2D eigenvalue weighted by molar-refractivity contribution is -0.141. The van der Waals surface area contributed by atoms with Crippen LogP contribution in [0.2, 0.25) is 0 Å². The van der Waals surface area contributed by atoms with Gasteiger partial charge in [-0.05, 0) is 26.8 Å². The third kappa shape index (κ3) is 3.49. The van der Waals surface area contributed by atoms with Crippen molar-refractivity contribution >= 4 is 11.9 Å². The lowest BCUT2D eigenvalue weighted by Crippen LogP contribution is -2.67. The van der Waals surface area contributed by atoms with Gasteiger partial charge in [-0.15, -0.1) is 0 Å². The van der Waals surface area contributed by atoms with Gasteiger partial charge in [-0.2, -0.15) is 13.2 Å². The maximum Gasteiger partial charge on any atom is 0.434 e. The van der Waals surface area contributed by atoms with Crippen LogP contribution < -0.4 is 10.2 Å². The van der Waals surface area contributed by atoms with Gasteiger partial charge in [0, 0.05) is 43.6 Å². The minimum atomic E-state index is -4.51. The first kappa shape index (κ1) is 19.2. The van der Waals surface area contributed by atoms with Crippen molar-refractivity contribution in [2.45, 2.75) is 63.0 Å². The molecule has 1 amide bonds. The molecule has 0 unspecified atom stereocenters. The average Bonchev–Trinajstić information content (AvgIpc) is 2.57. The van der Waals surface area contributed by atoms with E-state index in [0.717, 1.165) is 38.2 Å². The zero-order chi connectivity index (χ0) is 20.1. The number of ether oxygens (including phenoxy) is 1. The highest BCUT2D eigenvalue weighted by molar-refractivity contribution is 5.69. The maximum absolute atomic E-state index is 12.7. The Bertz CT molecular complexity index is 730. The summed E-state index contributed by atoms with van der Waals surface area (Å²) in [5.41, 5.74) is -0.817. The van der Waals surface area contributed by atoms with Crippen molar-refractivity contribution in [3.8, 4) is 0 Å². The molecule has 0 aromatic carbocycles. The van der Waals surface area contributed by atoms with Crippen LogP contribution in [0.15, 0.2) is 12.4 Å². The molecule has 4 rings (SSSR count). The molecule has 1 aromatic heterocycles. The molecule has 2 atom stereocenters. The summed E-state index contributed by atoms with van der Waals surface area (Å²) in [5.74, 6) is 0.373. The van der Waals surface area contributed by atoms with Crippen LogP contribution in [0.25, 0.3) is 0 Å². The topological polar surface area (TPSA) is 70.6 Å². The van der Waals surface area contributed by atoms with Crippen LogP contribution in [0, 0.1) is 0 Å². The molecule has 1 aliphatic carbocycles. The van der Waals surface area contributed by atoms with Gasteiger partial charge in [-0.1, -0.05) is 0 Å². The van der Waals surface area contributed by atoms with Gasteiger partial charge in [0.05, 0.1) is 12.4 Å². The number of amides is 1. The van der Waals surface area contributed by atoms with E-state index in [1.807, 2.05) is 18.7 Å². The van der Waals surface area contributed by atoms with Crippen LogP contribution in [0.3, 0.4) is 0 Å². The monoisotopic (exact) mass is 399 g/mol. The van der Waals surface area contributed by atoms with E-state index in [1.165, 1.54) is 0 Å². The fraction of sp³-hybridized carbons (Fsp3) is 0.722. The number of hydrogen-bond acceptors (Lipinski definition) is 6. The summed E-state index contributed by atoms with van der Waals surface area (Å²) in [6.07, 6.45) is -0.122. The number of nitrogens with one attached hydrogen (secondary N) is 1. The van der Waals surface area contributed by atoms with Gasteiger partial charge in [0.1, 0.15) is 11.9 Å². The van der Waals surface area contributed by atoms with Gasteiger partial charge < -0.3 is 19.9 Å². The molecule has 1 aromatic rings. The summed E-state index contributed by atoms with van der Waals surface area (Å²) in [7, 11) is 0. The molecule has 1 N–H and O–H groups in total. The largest absolute Gasteiger partial charge is 0.446 e. The van der Waals surface area contributed by atoms with E-state index < -0.39 is 11.9 Å². The second kappa shape index (κ2) is 6.75. The highest BCUT2D eigenvalue weighted by Gasteiger charge is 2.50. The van der Waals surface area contributed by atoms with Gasteiger partial charge in [0.2, 0.25) is 0 Å². The van der Waals surface area contributed by atoms with E-state index in [-0.39, 0.29) is 29.8 Å². The summed E-state index contributed by atoms with van der Waals surface area (Å²) < 4.78 is 43.7. The lowest BCUT2D eigenvalue weighted by Gasteiger charge is -2.54. The molecular formula is C18H24F3N5O2. The SMILES string of the molecule is C[C@@H]1CN(c2cnc(C(F)(F)F)cn2)[C@@H](C)CN1C(=O)OC1CC2(CCN2)C1. The fourth-order valence-corrected chi connectivity index (χ4v) is 4.25. The van der Waals surface area contributed by atoms with E-state index in [4.69, 9.17) is 4.74 Å². The normalized spacial score (nSPS) is 32.7. The molecule has 3 fully saturated rings. The zero-order valence-electron chi connectivity index (χ0n) is 15.9. The predicted molar refractivity (Wildman–Crippen MR) is 94.9 cm³/mol. The Morgan fingerprint density at radius 2 is 1.93 bits per heavy atom. The Morgan fingerprint density at radius 1 is 1.21 bits per heavy atom. The number of piperazine rings is 1. The zero-order valence-corrected chi connectivity index (χ0v) is 15.9. The number of nitrogens with zero attached hydrogens (tertiary/aromatic N) is 4. The van der Waals surface area contributed by atoms with E-state index in [9.17, 15) is 18.0 Å². The van der Waals surface area contributed by atoms with Crippen LogP contribution >= 0.6 is 0 Å². The Morgan fingerprint density at radius 3 is 2.46 bits per heavy atom. The molecule has 0 bridgehead atoms. The minimum Gasteiger partial charge on any atom is -0.446 e. The maximum atomic E-state index is 12.7. The summed E-state index contributed by atoms with van der Waals surface area (Å²) in [4.78, 5) is 23.6. The van der Waals surface area contributed by atoms with Gasteiger partial charge in [-0.25, -0.2) is 14.8 Å². The summed E-state index contributed by atoms with van der Waals surface area (Å²) in [6, 6.07) is -0.264.